The molecule has 6 nitrogen and oxygen atoms in total. The SMILES string of the molecule is Cc1c2n(c3c(-c4ccc(C(C)C)cc4)cc(F)cc13)CCNC2=O.Cc1c2n(c3c(-c4cccc(Cl)c4)cc(F)cc13)CCNC2=O. The zero-order chi connectivity index (χ0) is 33.9. The number of fused-ring (bicyclic) bond motifs is 6. The molecular weight excluding hydrogens is 630 g/mol. The van der Waals surface area contributed by atoms with Crippen molar-refractivity contribution in [3.8, 4) is 22.3 Å². The van der Waals surface area contributed by atoms with Gasteiger partial charge in [-0.05, 0) is 84.0 Å². The van der Waals surface area contributed by atoms with Crippen LogP contribution in [0, 0.1) is 25.5 Å². The first-order chi connectivity index (χ1) is 23.0. The summed E-state index contributed by atoms with van der Waals surface area (Å²) < 4.78 is 32.5. The summed E-state index contributed by atoms with van der Waals surface area (Å²) in [7, 11) is 0. The van der Waals surface area contributed by atoms with E-state index in [1.165, 1.54) is 23.8 Å². The third-order valence-electron chi connectivity index (χ3n) is 9.44. The van der Waals surface area contributed by atoms with Gasteiger partial charge in [-0.1, -0.05) is 61.8 Å². The number of carbonyl (C=O) groups is 2. The van der Waals surface area contributed by atoms with Crippen LogP contribution in [0.2, 0.25) is 5.02 Å². The van der Waals surface area contributed by atoms with Crippen LogP contribution in [-0.4, -0.2) is 34.0 Å². The lowest BCUT2D eigenvalue weighted by Crippen LogP contribution is -2.35. The quantitative estimate of drug-likeness (QED) is 0.199. The Balaban J connectivity index is 0.000000152. The molecule has 2 aromatic heterocycles. The van der Waals surface area contributed by atoms with Crippen molar-refractivity contribution >= 4 is 45.2 Å². The third-order valence-corrected chi connectivity index (χ3v) is 9.68. The second-order valence-corrected chi connectivity index (χ2v) is 13.2. The maximum absolute atomic E-state index is 14.3. The first kappa shape index (κ1) is 31.6. The van der Waals surface area contributed by atoms with Gasteiger partial charge in [-0.15, -0.1) is 0 Å². The van der Waals surface area contributed by atoms with Crippen LogP contribution in [0.1, 0.15) is 57.4 Å². The van der Waals surface area contributed by atoms with E-state index in [-0.39, 0.29) is 23.4 Å². The predicted molar refractivity (Wildman–Crippen MR) is 188 cm³/mol. The molecule has 2 N–H and O–H groups in total. The summed E-state index contributed by atoms with van der Waals surface area (Å²) in [6.07, 6.45) is 0. The van der Waals surface area contributed by atoms with E-state index in [1.807, 2.05) is 53.3 Å². The minimum absolute atomic E-state index is 0.0820. The molecule has 2 amide bonds. The van der Waals surface area contributed by atoms with Crippen molar-refractivity contribution in [1.29, 1.82) is 0 Å². The monoisotopic (exact) mass is 664 g/mol. The first-order valence-corrected chi connectivity index (χ1v) is 16.5. The van der Waals surface area contributed by atoms with E-state index >= 15 is 0 Å². The number of rotatable bonds is 3. The van der Waals surface area contributed by atoms with Gasteiger partial charge in [0.25, 0.3) is 11.8 Å². The number of amides is 2. The highest BCUT2D eigenvalue weighted by molar-refractivity contribution is 6.31. The molecule has 6 aromatic rings. The van der Waals surface area contributed by atoms with Crippen molar-refractivity contribution in [1.82, 2.24) is 19.8 Å². The number of nitrogens with one attached hydrogen (secondary N) is 2. The topological polar surface area (TPSA) is 68.1 Å². The lowest BCUT2D eigenvalue weighted by molar-refractivity contribution is 0.0920. The molecule has 0 bridgehead atoms. The maximum Gasteiger partial charge on any atom is 0.268 e. The lowest BCUT2D eigenvalue weighted by Gasteiger charge is -2.18. The fourth-order valence-corrected chi connectivity index (χ4v) is 7.33. The van der Waals surface area contributed by atoms with Gasteiger partial charge in [-0.2, -0.15) is 0 Å². The number of aromatic nitrogens is 2. The minimum atomic E-state index is -0.320. The molecule has 0 aliphatic carbocycles. The molecule has 48 heavy (non-hydrogen) atoms. The third kappa shape index (κ3) is 5.34. The second-order valence-electron chi connectivity index (χ2n) is 12.7. The van der Waals surface area contributed by atoms with Crippen LogP contribution in [0.4, 0.5) is 8.78 Å². The number of hydrogen-bond acceptors (Lipinski definition) is 2. The van der Waals surface area contributed by atoms with E-state index in [2.05, 4.69) is 36.6 Å². The molecule has 4 aromatic carbocycles. The van der Waals surface area contributed by atoms with Crippen molar-refractivity contribution < 1.29 is 18.4 Å². The van der Waals surface area contributed by atoms with Gasteiger partial charge < -0.3 is 19.8 Å². The second kappa shape index (κ2) is 12.3. The summed E-state index contributed by atoms with van der Waals surface area (Å²) in [5, 5.41) is 7.91. The Hall–Kier alpha value is -4.95. The summed E-state index contributed by atoms with van der Waals surface area (Å²) in [5.74, 6) is -0.335. The van der Waals surface area contributed by atoms with E-state index in [0.29, 0.717) is 48.5 Å². The van der Waals surface area contributed by atoms with Gasteiger partial charge in [-0.3, -0.25) is 9.59 Å². The molecule has 0 atom stereocenters. The molecule has 0 spiro atoms. The molecule has 0 unspecified atom stereocenters. The Morgan fingerprint density at radius 2 is 1.19 bits per heavy atom. The average Bonchev–Trinajstić information content (AvgIpc) is 3.52. The Kier molecular flexibility index (Phi) is 8.08. The van der Waals surface area contributed by atoms with E-state index in [0.717, 1.165) is 55.2 Å². The maximum atomic E-state index is 14.3. The molecule has 2 aliphatic heterocycles. The summed E-state index contributed by atoms with van der Waals surface area (Å²) >= 11 is 6.09. The molecule has 2 aliphatic rings. The van der Waals surface area contributed by atoms with Gasteiger partial charge in [0, 0.05) is 53.1 Å². The van der Waals surface area contributed by atoms with Crippen molar-refractivity contribution in [3.05, 3.63) is 118 Å². The summed E-state index contributed by atoms with van der Waals surface area (Å²) in [6.45, 7) is 10.6. The van der Waals surface area contributed by atoms with Gasteiger partial charge in [0.2, 0.25) is 0 Å². The first-order valence-electron chi connectivity index (χ1n) is 16.1. The molecule has 9 heteroatoms. The summed E-state index contributed by atoms with van der Waals surface area (Å²) in [4.78, 5) is 24.5. The molecular formula is C39H35ClF2N4O2. The van der Waals surface area contributed by atoms with Crippen molar-refractivity contribution in [2.24, 2.45) is 0 Å². The van der Waals surface area contributed by atoms with Crippen LogP contribution >= 0.6 is 11.6 Å². The minimum Gasteiger partial charge on any atom is -0.349 e. The van der Waals surface area contributed by atoms with E-state index < -0.39 is 0 Å². The van der Waals surface area contributed by atoms with E-state index in [1.54, 1.807) is 12.1 Å². The average molecular weight is 665 g/mol. The van der Waals surface area contributed by atoms with Crippen molar-refractivity contribution in [2.75, 3.05) is 13.1 Å². The molecule has 4 heterocycles. The van der Waals surface area contributed by atoms with Crippen LogP contribution in [0.25, 0.3) is 44.1 Å². The van der Waals surface area contributed by atoms with E-state index in [9.17, 15) is 18.4 Å². The van der Waals surface area contributed by atoms with Gasteiger partial charge in [0.1, 0.15) is 23.0 Å². The highest BCUT2D eigenvalue weighted by Crippen LogP contribution is 2.38. The number of benzene rings is 4. The van der Waals surface area contributed by atoms with Crippen LogP contribution in [0.3, 0.4) is 0 Å². The molecule has 0 fully saturated rings. The Morgan fingerprint density at radius 3 is 1.67 bits per heavy atom. The number of nitrogens with zero attached hydrogens (tertiary/aromatic N) is 2. The van der Waals surface area contributed by atoms with Gasteiger partial charge >= 0.3 is 0 Å². The van der Waals surface area contributed by atoms with Gasteiger partial charge in [-0.25, -0.2) is 8.78 Å². The summed E-state index contributed by atoms with van der Waals surface area (Å²) in [5.41, 5.74) is 9.40. The number of hydrogen-bond donors (Lipinski definition) is 2. The van der Waals surface area contributed by atoms with E-state index in [4.69, 9.17) is 11.6 Å². The molecule has 0 radical (unpaired) electrons. The molecule has 244 valence electrons. The Labute approximate surface area is 282 Å². The highest BCUT2D eigenvalue weighted by Gasteiger charge is 2.27. The highest BCUT2D eigenvalue weighted by atomic mass is 35.5. The standard InChI is InChI=1S/C21H21FN2O.C18H14ClFN2O/c1-12(2)14-4-6-15(7-5-14)18-11-16(22)10-17-13(3)19-21(25)23-8-9-24(19)20(17)18;1-10-14-8-13(20)9-15(11-3-2-4-12(19)7-11)17(14)22-6-5-21-18(23)16(10)22/h4-7,10-12H,8-9H2,1-3H3,(H,23,25);2-4,7-9H,5-6H2,1H3,(H,21,23). The molecule has 8 rings (SSSR count). The van der Waals surface area contributed by atoms with Crippen molar-refractivity contribution in [2.45, 2.75) is 46.7 Å². The lowest BCUT2D eigenvalue weighted by atomic mass is 9.97. The fourth-order valence-electron chi connectivity index (χ4n) is 7.14. The molecule has 0 saturated carbocycles. The smallest absolute Gasteiger partial charge is 0.268 e. The normalized spacial score (nSPS) is 14.0. The number of carbonyl (C=O) groups excluding carboxylic acids is 2. The van der Waals surface area contributed by atoms with Crippen LogP contribution < -0.4 is 10.6 Å². The van der Waals surface area contributed by atoms with Crippen molar-refractivity contribution in [3.63, 3.8) is 0 Å². The molecule has 0 saturated heterocycles. The number of halogens is 3. The number of aryl methyl sites for hydroxylation is 2. The fraction of sp³-hybridized carbons (Fsp3) is 0.231. The van der Waals surface area contributed by atoms with Gasteiger partial charge in [0.05, 0.1) is 11.0 Å². The zero-order valence-electron chi connectivity index (χ0n) is 27.2. The Bertz CT molecular complexity index is 2270. The van der Waals surface area contributed by atoms with Crippen LogP contribution in [0.5, 0.6) is 0 Å². The zero-order valence-corrected chi connectivity index (χ0v) is 27.9. The van der Waals surface area contributed by atoms with Crippen LogP contribution in [-0.2, 0) is 13.1 Å². The largest absolute Gasteiger partial charge is 0.349 e. The summed E-state index contributed by atoms with van der Waals surface area (Å²) in [6, 6.07) is 21.7. The Morgan fingerprint density at radius 1 is 0.688 bits per heavy atom. The van der Waals surface area contributed by atoms with Crippen LogP contribution in [0.15, 0.2) is 72.8 Å². The predicted octanol–water partition coefficient (Wildman–Crippen LogP) is 8.78. The van der Waals surface area contributed by atoms with Gasteiger partial charge in [0.15, 0.2) is 0 Å².